The molecular weight excluding hydrogens is 532 g/mol. The van der Waals surface area contributed by atoms with Crippen molar-refractivity contribution in [2.24, 2.45) is 0 Å². The number of carbonyl (C=O) groups excluding carboxylic acids is 2. The lowest BCUT2D eigenvalue weighted by Gasteiger charge is -2.32. The number of benzene rings is 3. The third-order valence-corrected chi connectivity index (χ3v) is 8.37. The van der Waals surface area contributed by atoms with E-state index in [9.17, 15) is 28.1 Å². The normalized spacial score (nSPS) is 12.7. The zero-order valence-electron chi connectivity index (χ0n) is 23.0. The Bertz CT molecular complexity index is 1440. The first-order chi connectivity index (χ1) is 18.9. The molecule has 3 aromatic rings. The highest BCUT2D eigenvalue weighted by atomic mass is 32.2. The third-order valence-electron chi connectivity index (χ3n) is 6.58. The molecule has 212 valence electrons. The van der Waals surface area contributed by atoms with Crippen LogP contribution in [0.25, 0.3) is 0 Å². The van der Waals surface area contributed by atoms with Gasteiger partial charge in [-0.15, -0.1) is 0 Å². The highest BCUT2D eigenvalue weighted by Gasteiger charge is 2.33. The van der Waals surface area contributed by atoms with Gasteiger partial charge in [-0.3, -0.25) is 24.0 Å². The zero-order valence-corrected chi connectivity index (χ0v) is 23.8. The second kappa shape index (κ2) is 13.2. The Morgan fingerprint density at radius 3 is 2.23 bits per heavy atom. The quantitative estimate of drug-likeness (QED) is 0.255. The predicted octanol–water partition coefficient (Wildman–Crippen LogP) is 4.43. The van der Waals surface area contributed by atoms with Crippen molar-refractivity contribution in [3.63, 3.8) is 0 Å². The summed E-state index contributed by atoms with van der Waals surface area (Å²) < 4.78 is 28.4. The molecule has 40 heavy (non-hydrogen) atoms. The molecular formula is C29H34N4O6S. The number of hydrogen-bond acceptors (Lipinski definition) is 6. The van der Waals surface area contributed by atoms with Crippen LogP contribution in [0.5, 0.6) is 0 Å². The number of non-ortho nitro benzene ring substituents is 1. The molecule has 10 nitrogen and oxygen atoms in total. The summed E-state index contributed by atoms with van der Waals surface area (Å²) in [5.74, 6) is -1.01. The smallest absolute Gasteiger partial charge is 0.271 e. The second-order valence-electron chi connectivity index (χ2n) is 9.60. The summed E-state index contributed by atoms with van der Waals surface area (Å²) in [6.07, 6.45) is 0.695. The van der Waals surface area contributed by atoms with E-state index in [0.717, 1.165) is 21.5 Å². The van der Waals surface area contributed by atoms with Gasteiger partial charge in [0.15, 0.2) is 0 Å². The number of carbonyl (C=O) groups is 2. The van der Waals surface area contributed by atoms with E-state index in [-0.39, 0.29) is 34.8 Å². The number of rotatable bonds is 12. The molecule has 1 N–H and O–H groups in total. The van der Waals surface area contributed by atoms with Crippen LogP contribution >= 0.6 is 0 Å². The van der Waals surface area contributed by atoms with Gasteiger partial charge < -0.3 is 10.2 Å². The first kappa shape index (κ1) is 30.3. The Kier molecular flexibility index (Phi) is 10.0. The molecule has 0 aromatic heterocycles. The topological polar surface area (TPSA) is 130 Å². The molecule has 0 aliphatic heterocycles. The highest BCUT2D eigenvalue weighted by Crippen LogP contribution is 2.27. The van der Waals surface area contributed by atoms with Gasteiger partial charge in [0.1, 0.15) is 12.6 Å². The molecule has 0 fully saturated rings. The van der Waals surface area contributed by atoms with Gasteiger partial charge in [0, 0.05) is 24.7 Å². The standard InChI is InChI=1S/C29H34N4O6S/c1-5-22(3)30-29(35)23(4)31(19-24-16-14-21(2)15-17-24)28(34)20-32(25-10-9-11-26(18-25)33(36)37)40(38,39)27-12-7-6-8-13-27/h6-18,22-23H,5,19-20H2,1-4H3,(H,30,35)/t22-,23+/m1/s1. The minimum Gasteiger partial charge on any atom is -0.352 e. The molecule has 0 radical (unpaired) electrons. The number of nitro groups is 1. The third kappa shape index (κ3) is 7.44. The van der Waals surface area contributed by atoms with Crippen LogP contribution in [-0.2, 0) is 26.2 Å². The number of hydrogen-bond donors (Lipinski definition) is 1. The van der Waals surface area contributed by atoms with Crippen molar-refractivity contribution in [1.29, 1.82) is 0 Å². The molecule has 11 heteroatoms. The van der Waals surface area contributed by atoms with E-state index in [1.54, 1.807) is 25.1 Å². The predicted molar refractivity (Wildman–Crippen MR) is 153 cm³/mol. The van der Waals surface area contributed by atoms with Crippen molar-refractivity contribution in [2.45, 2.75) is 57.6 Å². The molecule has 0 aliphatic rings. The minimum atomic E-state index is -4.31. The SMILES string of the molecule is CC[C@@H](C)NC(=O)[C@H](C)N(Cc1ccc(C)cc1)C(=O)CN(c1cccc([N+](=O)[O-])c1)S(=O)(=O)c1ccccc1. The van der Waals surface area contributed by atoms with E-state index in [0.29, 0.717) is 6.42 Å². The summed E-state index contributed by atoms with van der Waals surface area (Å²) in [7, 11) is -4.31. The van der Waals surface area contributed by atoms with Crippen LogP contribution in [0.1, 0.15) is 38.3 Å². The van der Waals surface area contributed by atoms with Crippen LogP contribution in [0.3, 0.4) is 0 Å². The summed E-state index contributed by atoms with van der Waals surface area (Å²) in [5, 5.41) is 14.3. The number of sulfonamides is 1. The molecule has 0 saturated heterocycles. The van der Waals surface area contributed by atoms with Crippen LogP contribution < -0.4 is 9.62 Å². The van der Waals surface area contributed by atoms with Gasteiger partial charge in [-0.25, -0.2) is 8.42 Å². The molecule has 0 unspecified atom stereocenters. The van der Waals surface area contributed by atoms with Gasteiger partial charge >= 0.3 is 0 Å². The number of nitro benzene ring substituents is 1. The lowest BCUT2D eigenvalue weighted by molar-refractivity contribution is -0.384. The molecule has 0 bridgehead atoms. The number of nitrogens with zero attached hydrogens (tertiary/aromatic N) is 3. The lowest BCUT2D eigenvalue weighted by Crippen LogP contribution is -2.52. The molecule has 2 atom stereocenters. The van der Waals surface area contributed by atoms with Gasteiger partial charge in [-0.05, 0) is 51.0 Å². The fourth-order valence-corrected chi connectivity index (χ4v) is 5.38. The van der Waals surface area contributed by atoms with Gasteiger partial charge in [0.25, 0.3) is 15.7 Å². The summed E-state index contributed by atoms with van der Waals surface area (Å²) in [6, 6.07) is 19.0. The number of nitrogens with one attached hydrogen (secondary N) is 1. The number of aryl methyl sites for hydroxylation is 1. The maximum Gasteiger partial charge on any atom is 0.271 e. The summed E-state index contributed by atoms with van der Waals surface area (Å²) in [5.41, 5.74) is 1.42. The minimum absolute atomic E-state index is 0.0431. The second-order valence-corrected chi connectivity index (χ2v) is 11.5. The van der Waals surface area contributed by atoms with Gasteiger partial charge in [-0.1, -0.05) is 61.0 Å². The van der Waals surface area contributed by atoms with E-state index in [1.165, 1.54) is 35.2 Å². The molecule has 3 aromatic carbocycles. The first-order valence-electron chi connectivity index (χ1n) is 12.9. The summed E-state index contributed by atoms with van der Waals surface area (Å²) in [6.45, 7) is 6.69. The van der Waals surface area contributed by atoms with E-state index in [1.807, 2.05) is 45.0 Å². The Morgan fingerprint density at radius 1 is 0.975 bits per heavy atom. The number of anilines is 1. The fraction of sp³-hybridized carbons (Fsp3) is 0.310. The maximum absolute atomic E-state index is 13.9. The van der Waals surface area contributed by atoms with Gasteiger partial charge in [0.2, 0.25) is 11.8 Å². The monoisotopic (exact) mass is 566 g/mol. The van der Waals surface area contributed by atoms with Crippen molar-refractivity contribution < 1.29 is 22.9 Å². The average Bonchev–Trinajstić information content (AvgIpc) is 2.95. The van der Waals surface area contributed by atoms with Crippen LogP contribution in [0.4, 0.5) is 11.4 Å². The maximum atomic E-state index is 13.9. The largest absolute Gasteiger partial charge is 0.352 e. The van der Waals surface area contributed by atoms with Gasteiger partial charge in [-0.2, -0.15) is 0 Å². The lowest BCUT2D eigenvalue weighted by atomic mass is 10.1. The molecule has 3 rings (SSSR count). The van der Waals surface area contributed by atoms with E-state index in [4.69, 9.17) is 0 Å². The molecule has 0 saturated carbocycles. The average molecular weight is 567 g/mol. The molecule has 0 aliphatic carbocycles. The Balaban J connectivity index is 2.05. The summed E-state index contributed by atoms with van der Waals surface area (Å²) in [4.78, 5) is 39.0. The van der Waals surface area contributed by atoms with Crippen molar-refractivity contribution in [1.82, 2.24) is 10.2 Å². The summed E-state index contributed by atoms with van der Waals surface area (Å²) >= 11 is 0. The Labute approximate surface area is 234 Å². The van der Waals surface area contributed by atoms with Crippen molar-refractivity contribution in [3.8, 4) is 0 Å². The van der Waals surface area contributed by atoms with Crippen LogP contribution in [0, 0.1) is 17.0 Å². The van der Waals surface area contributed by atoms with Crippen molar-refractivity contribution >= 4 is 33.2 Å². The molecule has 0 spiro atoms. The van der Waals surface area contributed by atoms with Crippen LogP contribution in [0.2, 0.25) is 0 Å². The number of amides is 2. The highest BCUT2D eigenvalue weighted by molar-refractivity contribution is 7.92. The van der Waals surface area contributed by atoms with E-state index < -0.39 is 33.4 Å². The van der Waals surface area contributed by atoms with Crippen molar-refractivity contribution in [2.75, 3.05) is 10.8 Å². The fourth-order valence-electron chi connectivity index (χ4n) is 3.95. The van der Waals surface area contributed by atoms with E-state index in [2.05, 4.69) is 5.32 Å². The molecule has 0 heterocycles. The van der Waals surface area contributed by atoms with E-state index >= 15 is 0 Å². The van der Waals surface area contributed by atoms with Crippen molar-refractivity contribution in [3.05, 3.63) is 100 Å². The first-order valence-corrected chi connectivity index (χ1v) is 14.4. The van der Waals surface area contributed by atoms with Gasteiger partial charge in [0.05, 0.1) is 15.5 Å². The van der Waals surface area contributed by atoms with Crippen LogP contribution in [0.15, 0.2) is 83.8 Å². The zero-order chi connectivity index (χ0) is 29.4. The van der Waals surface area contributed by atoms with Crippen LogP contribution in [-0.4, -0.2) is 48.7 Å². The Morgan fingerprint density at radius 2 is 1.62 bits per heavy atom. The molecule has 2 amide bonds. The Hall–Kier alpha value is -4.25.